The third kappa shape index (κ3) is 11.9. The second kappa shape index (κ2) is 12.2. The van der Waals surface area contributed by atoms with E-state index in [-0.39, 0.29) is 24.8 Å². The summed E-state index contributed by atoms with van der Waals surface area (Å²) >= 11 is 0. The third-order valence-electron chi connectivity index (χ3n) is 3.99. The van der Waals surface area contributed by atoms with Crippen molar-refractivity contribution in [2.75, 3.05) is 19.7 Å². The van der Waals surface area contributed by atoms with Crippen LogP contribution in [0.25, 0.3) is 0 Å². The van der Waals surface area contributed by atoms with Gasteiger partial charge >= 0.3 is 0 Å². The lowest BCUT2D eigenvalue weighted by Crippen LogP contribution is -2.42. The number of nitrogens with two attached hydrogens (primary N) is 1. The van der Waals surface area contributed by atoms with Gasteiger partial charge in [0.2, 0.25) is 17.7 Å². The standard InChI is InChI=1S/C18H32N4O5/c1-17(2,16(26)22-19)9-13-27-18(3,4)8-11-21-15(25)7-10-20-14(24)6-5-12-23/h5-6,12H,7-11,13,19H2,1-4H3,(H,20,24)(H,21,25)(H,22,26)/b6-5-. The zero-order valence-corrected chi connectivity index (χ0v) is 16.6. The number of nitrogens with one attached hydrogen (secondary N) is 3. The van der Waals surface area contributed by atoms with Crippen LogP contribution in [0.1, 0.15) is 47.0 Å². The summed E-state index contributed by atoms with van der Waals surface area (Å²) in [4.78, 5) is 44.7. The Morgan fingerprint density at radius 2 is 1.70 bits per heavy atom. The maximum atomic E-state index is 11.7. The average molecular weight is 384 g/mol. The van der Waals surface area contributed by atoms with Gasteiger partial charge in [-0.25, -0.2) is 5.84 Å². The number of amides is 3. The van der Waals surface area contributed by atoms with Gasteiger partial charge in [-0.2, -0.15) is 0 Å². The van der Waals surface area contributed by atoms with E-state index in [2.05, 4.69) is 16.1 Å². The van der Waals surface area contributed by atoms with Crippen LogP contribution in [-0.2, 0) is 23.9 Å². The van der Waals surface area contributed by atoms with Gasteiger partial charge in [-0.1, -0.05) is 13.8 Å². The Morgan fingerprint density at radius 1 is 1.04 bits per heavy atom. The van der Waals surface area contributed by atoms with Gasteiger partial charge < -0.3 is 15.4 Å². The number of hydrazine groups is 1. The van der Waals surface area contributed by atoms with Crippen molar-refractivity contribution in [2.45, 2.75) is 52.6 Å². The third-order valence-corrected chi connectivity index (χ3v) is 3.99. The molecule has 5 N–H and O–H groups in total. The van der Waals surface area contributed by atoms with Crippen LogP contribution >= 0.6 is 0 Å². The molecule has 0 aliphatic carbocycles. The number of carbonyl (C=O) groups excluding carboxylic acids is 4. The van der Waals surface area contributed by atoms with Crippen LogP contribution in [-0.4, -0.2) is 49.3 Å². The first-order valence-corrected chi connectivity index (χ1v) is 8.85. The molecule has 3 amide bonds. The predicted octanol–water partition coefficient (Wildman–Crippen LogP) is -0.0445. The Labute approximate surface area is 160 Å². The molecule has 0 aliphatic heterocycles. The van der Waals surface area contributed by atoms with E-state index < -0.39 is 16.9 Å². The molecule has 0 aromatic carbocycles. The fourth-order valence-corrected chi connectivity index (χ4v) is 2.04. The summed E-state index contributed by atoms with van der Waals surface area (Å²) in [5.74, 6) is 4.31. The van der Waals surface area contributed by atoms with E-state index in [1.807, 2.05) is 13.8 Å². The highest BCUT2D eigenvalue weighted by Crippen LogP contribution is 2.22. The Hall–Kier alpha value is -2.26. The number of hydrogen-bond donors (Lipinski definition) is 4. The lowest BCUT2D eigenvalue weighted by molar-refractivity contribution is -0.131. The van der Waals surface area contributed by atoms with Crippen LogP contribution in [0.5, 0.6) is 0 Å². The van der Waals surface area contributed by atoms with Gasteiger partial charge in [-0.05, 0) is 32.8 Å². The highest BCUT2D eigenvalue weighted by Gasteiger charge is 2.28. The van der Waals surface area contributed by atoms with Gasteiger partial charge in [0.05, 0.1) is 5.60 Å². The molecule has 0 fully saturated rings. The fraction of sp³-hybridized carbons (Fsp3) is 0.667. The van der Waals surface area contributed by atoms with Crippen molar-refractivity contribution in [3.63, 3.8) is 0 Å². The zero-order chi connectivity index (χ0) is 20.9. The number of aldehydes is 1. The molecule has 9 heteroatoms. The summed E-state index contributed by atoms with van der Waals surface area (Å²) in [6.07, 6.45) is 3.94. The minimum absolute atomic E-state index is 0.143. The van der Waals surface area contributed by atoms with E-state index in [0.717, 1.165) is 12.2 Å². The first kappa shape index (κ1) is 24.7. The summed E-state index contributed by atoms with van der Waals surface area (Å²) in [5, 5.41) is 5.26. The zero-order valence-electron chi connectivity index (χ0n) is 16.6. The topological polar surface area (TPSA) is 140 Å². The lowest BCUT2D eigenvalue weighted by atomic mass is 9.89. The maximum absolute atomic E-state index is 11.7. The number of rotatable bonds is 13. The Balaban J connectivity index is 4.01. The van der Waals surface area contributed by atoms with Crippen molar-refractivity contribution >= 4 is 24.0 Å². The smallest absolute Gasteiger partial charge is 0.244 e. The molecular weight excluding hydrogens is 352 g/mol. The van der Waals surface area contributed by atoms with E-state index in [1.165, 1.54) is 0 Å². The van der Waals surface area contributed by atoms with Crippen LogP contribution < -0.4 is 21.9 Å². The normalized spacial score (nSPS) is 11.9. The average Bonchev–Trinajstić information content (AvgIpc) is 2.58. The monoisotopic (exact) mass is 384 g/mol. The van der Waals surface area contributed by atoms with Crippen LogP contribution in [0.2, 0.25) is 0 Å². The molecule has 27 heavy (non-hydrogen) atoms. The van der Waals surface area contributed by atoms with Crippen LogP contribution in [0, 0.1) is 5.41 Å². The van der Waals surface area contributed by atoms with Crippen molar-refractivity contribution in [1.82, 2.24) is 16.1 Å². The second-order valence-corrected chi connectivity index (χ2v) is 7.35. The largest absolute Gasteiger partial charge is 0.375 e. The number of ether oxygens (including phenoxy) is 1. The number of carbonyl (C=O) groups is 4. The summed E-state index contributed by atoms with van der Waals surface area (Å²) in [6.45, 7) is 8.41. The minimum Gasteiger partial charge on any atom is -0.375 e. The molecule has 0 aliphatic rings. The van der Waals surface area contributed by atoms with E-state index in [4.69, 9.17) is 10.6 Å². The molecule has 0 aromatic heterocycles. The van der Waals surface area contributed by atoms with Gasteiger partial charge in [0.25, 0.3) is 0 Å². The molecule has 0 unspecified atom stereocenters. The van der Waals surface area contributed by atoms with Crippen molar-refractivity contribution < 1.29 is 23.9 Å². The second-order valence-electron chi connectivity index (χ2n) is 7.35. The molecule has 0 radical (unpaired) electrons. The summed E-state index contributed by atoms with van der Waals surface area (Å²) in [5.41, 5.74) is 1.06. The molecule has 0 bridgehead atoms. The molecule has 0 saturated carbocycles. The molecule has 0 rings (SSSR count). The Kier molecular flexibility index (Phi) is 11.2. The number of allylic oxidation sites excluding steroid dienone is 1. The van der Waals surface area contributed by atoms with Crippen molar-refractivity contribution in [3.05, 3.63) is 12.2 Å². The van der Waals surface area contributed by atoms with Crippen molar-refractivity contribution in [3.8, 4) is 0 Å². The van der Waals surface area contributed by atoms with Crippen molar-refractivity contribution in [1.29, 1.82) is 0 Å². The first-order chi connectivity index (χ1) is 12.5. The molecule has 0 aromatic rings. The molecule has 0 saturated heterocycles. The van der Waals surface area contributed by atoms with Crippen molar-refractivity contribution in [2.24, 2.45) is 11.3 Å². The highest BCUT2D eigenvalue weighted by atomic mass is 16.5. The first-order valence-electron chi connectivity index (χ1n) is 8.85. The molecule has 0 heterocycles. The predicted molar refractivity (Wildman–Crippen MR) is 101 cm³/mol. The number of hydrogen-bond acceptors (Lipinski definition) is 6. The van der Waals surface area contributed by atoms with Crippen LogP contribution in [0.15, 0.2) is 12.2 Å². The van der Waals surface area contributed by atoms with Gasteiger partial charge in [-0.15, -0.1) is 0 Å². The molecule has 0 spiro atoms. The summed E-state index contributed by atoms with van der Waals surface area (Å²) in [7, 11) is 0. The minimum atomic E-state index is -0.621. The Bertz CT molecular complexity index is 544. The van der Waals surface area contributed by atoms with Crippen LogP contribution in [0.4, 0.5) is 0 Å². The van der Waals surface area contributed by atoms with Gasteiger partial charge in [0.1, 0.15) is 6.29 Å². The highest BCUT2D eigenvalue weighted by molar-refractivity contribution is 5.91. The maximum Gasteiger partial charge on any atom is 0.244 e. The van der Waals surface area contributed by atoms with Gasteiger partial charge in [0.15, 0.2) is 0 Å². The quantitative estimate of drug-likeness (QED) is 0.115. The van der Waals surface area contributed by atoms with Gasteiger partial charge in [-0.3, -0.25) is 24.6 Å². The van der Waals surface area contributed by atoms with Gasteiger partial charge in [0, 0.05) is 37.6 Å². The fourth-order valence-electron chi connectivity index (χ4n) is 2.04. The molecule has 154 valence electrons. The Morgan fingerprint density at radius 3 is 2.30 bits per heavy atom. The summed E-state index contributed by atoms with van der Waals surface area (Å²) < 4.78 is 5.83. The molecular formula is C18H32N4O5. The van der Waals surface area contributed by atoms with Crippen LogP contribution in [0.3, 0.4) is 0 Å². The molecule has 9 nitrogen and oxygen atoms in total. The lowest BCUT2D eigenvalue weighted by Gasteiger charge is -2.28. The molecule has 0 atom stereocenters. The van der Waals surface area contributed by atoms with E-state index in [0.29, 0.717) is 32.3 Å². The van der Waals surface area contributed by atoms with E-state index in [9.17, 15) is 19.2 Å². The summed E-state index contributed by atoms with van der Waals surface area (Å²) in [6, 6.07) is 0. The SMILES string of the molecule is CC(C)(CCNC(=O)CCNC(=O)/C=C\C=O)OCCC(C)(C)C(=O)NN. The van der Waals surface area contributed by atoms with E-state index >= 15 is 0 Å². The van der Waals surface area contributed by atoms with E-state index in [1.54, 1.807) is 13.8 Å².